The van der Waals surface area contributed by atoms with Gasteiger partial charge in [0.2, 0.25) is 5.91 Å². The molecule has 152 valence electrons. The zero-order valence-electron chi connectivity index (χ0n) is 16.7. The number of carbonyl (C=O) groups excluding carboxylic acids is 2. The molecule has 2 saturated heterocycles. The van der Waals surface area contributed by atoms with Crippen molar-refractivity contribution < 1.29 is 14.3 Å². The van der Waals surface area contributed by atoms with Gasteiger partial charge in [-0.3, -0.25) is 9.59 Å². The predicted octanol–water partition coefficient (Wildman–Crippen LogP) is 3.25. The number of hydrogen-bond acceptors (Lipinski definition) is 4. The third-order valence-electron chi connectivity index (χ3n) is 6.91. The lowest BCUT2D eigenvalue weighted by atomic mass is 9.63. The van der Waals surface area contributed by atoms with E-state index in [1.165, 1.54) is 0 Å². The van der Waals surface area contributed by atoms with E-state index in [4.69, 9.17) is 16.3 Å². The van der Waals surface area contributed by atoms with E-state index in [0.29, 0.717) is 31.0 Å². The molecular weight excluding hydrogens is 376 g/mol. The molecule has 2 aliphatic heterocycles. The summed E-state index contributed by atoms with van der Waals surface area (Å²) >= 11 is 6.04. The SMILES string of the molecule is CN(C)CC1CC2(CCN(C(=O)C3(c4ccc(Cl)cc4)CCC3)CC2)C(=O)O1. The van der Waals surface area contributed by atoms with E-state index in [9.17, 15) is 9.59 Å². The van der Waals surface area contributed by atoms with Crippen molar-refractivity contribution in [3.8, 4) is 0 Å². The van der Waals surface area contributed by atoms with Crippen LogP contribution in [0, 0.1) is 5.41 Å². The van der Waals surface area contributed by atoms with Gasteiger partial charge in [0.25, 0.3) is 0 Å². The Morgan fingerprint density at radius 1 is 1.18 bits per heavy atom. The van der Waals surface area contributed by atoms with Crippen molar-refractivity contribution in [2.75, 3.05) is 33.7 Å². The van der Waals surface area contributed by atoms with Crippen LogP contribution in [-0.2, 0) is 19.7 Å². The molecule has 1 saturated carbocycles. The zero-order valence-corrected chi connectivity index (χ0v) is 17.5. The first kappa shape index (κ1) is 19.7. The van der Waals surface area contributed by atoms with Crippen molar-refractivity contribution in [2.45, 2.75) is 50.0 Å². The molecule has 2 heterocycles. The van der Waals surface area contributed by atoms with Gasteiger partial charge in [0.1, 0.15) is 6.10 Å². The average Bonchev–Trinajstić information content (AvgIpc) is 2.90. The summed E-state index contributed by atoms with van der Waals surface area (Å²) in [6, 6.07) is 7.72. The van der Waals surface area contributed by atoms with Crippen LogP contribution < -0.4 is 0 Å². The van der Waals surface area contributed by atoms with Gasteiger partial charge in [0, 0.05) is 31.1 Å². The van der Waals surface area contributed by atoms with Crippen LogP contribution in [0.25, 0.3) is 0 Å². The Morgan fingerprint density at radius 3 is 2.36 bits per heavy atom. The smallest absolute Gasteiger partial charge is 0.312 e. The van der Waals surface area contributed by atoms with E-state index in [2.05, 4.69) is 4.90 Å². The number of likely N-dealkylation sites (tertiary alicyclic amines) is 1. The molecule has 4 rings (SSSR count). The molecule has 0 aromatic heterocycles. The number of cyclic esters (lactones) is 1. The van der Waals surface area contributed by atoms with Crippen LogP contribution in [0.2, 0.25) is 5.02 Å². The Morgan fingerprint density at radius 2 is 1.82 bits per heavy atom. The fraction of sp³-hybridized carbons (Fsp3) is 0.636. The van der Waals surface area contributed by atoms with E-state index in [1.54, 1.807) is 0 Å². The molecule has 0 radical (unpaired) electrons. The summed E-state index contributed by atoms with van der Waals surface area (Å²) in [6.45, 7) is 2.03. The number of ether oxygens (including phenoxy) is 1. The second-order valence-corrected chi connectivity index (χ2v) is 9.45. The highest BCUT2D eigenvalue weighted by atomic mass is 35.5. The quantitative estimate of drug-likeness (QED) is 0.723. The van der Waals surface area contributed by atoms with Crippen molar-refractivity contribution in [1.29, 1.82) is 0 Å². The molecule has 1 aromatic rings. The summed E-state index contributed by atoms with van der Waals surface area (Å²) in [5, 5.41) is 0.692. The van der Waals surface area contributed by atoms with Crippen molar-refractivity contribution in [3.63, 3.8) is 0 Å². The molecule has 1 spiro atoms. The number of likely N-dealkylation sites (N-methyl/N-ethyl adjacent to an activating group) is 1. The van der Waals surface area contributed by atoms with Gasteiger partial charge in [-0.25, -0.2) is 0 Å². The van der Waals surface area contributed by atoms with Gasteiger partial charge in [-0.15, -0.1) is 0 Å². The topological polar surface area (TPSA) is 49.9 Å². The van der Waals surface area contributed by atoms with E-state index in [0.717, 1.165) is 37.8 Å². The number of benzene rings is 1. The third-order valence-corrected chi connectivity index (χ3v) is 7.17. The van der Waals surface area contributed by atoms with Crippen LogP contribution in [0.15, 0.2) is 24.3 Å². The Bertz CT molecular complexity index is 750. The molecule has 1 aromatic carbocycles. The maximum Gasteiger partial charge on any atom is 0.312 e. The Labute approximate surface area is 172 Å². The first-order valence-electron chi connectivity index (χ1n) is 10.3. The number of amides is 1. The maximum atomic E-state index is 13.5. The van der Waals surface area contributed by atoms with E-state index < -0.39 is 10.8 Å². The zero-order chi connectivity index (χ0) is 19.9. The van der Waals surface area contributed by atoms with Crippen molar-refractivity contribution in [2.24, 2.45) is 5.41 Å². The molecule has 3 aliphatic rings. The van der Waals surface area contributed by atoms with Crippen LogP contribution in [0.4, 0.5) is 0 Å². The fourth-order valence-electron chi connectivity index (χ4n) is 5.12. The molecule has 0 N–H and O–H groups in total. The number of nitrogens with zero attached hydrogens (tertiary/aromatic N) is 2. The van der Waals surface area contributed by atoms with Gasteiger partial charge in [0.15, 0.2) is 0 Å². The van der Waals surface area contributed by atoms with Gasteiger partial charge in [-0.05, 0) is 57.5 Å². The molecular formula is C22H29ClN2O3. The molecule has 6 heteroatoms. The number of piperidine rings is 1. The Balaban J connectivity index is 1.44. The van der Waals surface area contributed by atoms with Gasteiger partial charge < -0.3 is 14.5 Å². The second kappa shape index (κ2) is 7.34. The number of esters is 1. The fourth-order valence-corrected chi connectivity index (χ4v) is 5.25. The normalized spacial score (nSPS) is 25.6. The molecule has 3 fully saturated rings. The molecule has 0 bridgehead atoms. The highest BCUT2D eigenvalue weighted by Crippen LogP contribution is 2.48. The Hall–Kier alpha value is -1.59. The summed E-state index contributed by atoms with van der Waals surface area (Å²) in [7, 11) is 3.99. The molecule has 1 aliphatic carbocycles. The third kappa shape index (κ3) is 3.33. The van der Waals surface area contributed by atoms with Gasteiger partial charge in [0.05, 0.1) is 10.8 Å². The van der Waals surface area contributed by atoms with Crippen molar-refractivity contribution in [3.05, 3.63) is 34.9 Å². The standard InChI is InChI=1S/C22H29ClN2O3/c1-24(2)15-18-14-21(20(27)28-18)10-12-25(13-11-21)19(26)22(8-3-9-22)16-4-6-17(23)7-5-16/h4-7,18H,3,8-15H2,1-2H3. The monoisotopic (exact) mass is 404 g/mol. The molecule has 1 unspecified atom stereocenters. The van der Waals surface area contributed by atoms with Crippen LogP contribution in [0.1, 0.15) is 44.1 Å². The van der Waals surface area contributed by atoms with Crippen LogP contribution in [0.5, 0.6) is 0 Å². The summed E-state index contributed by atoms with van der Waals surface area (Å²) < 4.78 is 5.64. The van der Waals surface area contributed by atoms with E-state index in [-0.39, 0.29) is 18.0 Å². The highest BCUT2D eigenvalue weighted by molar-refractivity contribution is 6.30. The summed E-state index contributed by atoms with van der Waals surface area (Å²) in [5.74, 6) is 0.148. The number of rotatable bonds is 4. The maximum absolute atomic E-state index is 13.5. The van der Waals surface area contributed by atoms with Crippen molar-refractivity contribution in [1.82, 2.24) is 9.80 Å². The highest BCUT2D eigenvalue weighted by Gasteiger charge is 2.53. The minimum Gasteiger partial charge on any atom is -0.461 e. The first-order chi connectivity index (χ1) is 13.3. The summed E-state index contributed by atoms with van der Waals surface area (Å²) in [5.41, 5.74) is 0.267. The number of halogens is 1. The lowest BCUT2D eigenvalue weighted by Crippen LogP contribution is -2.54. The average molecular weight is 405 g/mol. The van der Waals surface area contributed by atoms with Crippen LogP contribution in [-0.4, -0.2) is 61.5 Å². The van der Waals surface area contributed by atoms with Gasteiger partial charge in [-0.2, -0.15) is 0 Å². The second-order valence-electron chi connectivity index (χ2n) is 9.01. The predicted molar refractivity (Wildman–Crippen MR) is 108 cm³/mol. The van der Waals surface area contributed by atoms with Gasteiger partial charge in [-0.1, -0.05) is 30.2 Å². The number of hydrogen-bond donors (Lipinski definition) is 0. The summed E-state index contributed by atoms with van der Waals surface area (Å²) in [6.07, 6.45) is 5.01. The first-order valence-corrected chi connectivity index (χ1v) is 10.6. The minimum atomic E-state index is -0.404. The van der Waals surface area contributed by atoms with E-state index in [1.807, 2.05) is 43.3 Å². The molecule has 5 nitrogen and oxygen atoms in total. The van der Waals surface area contributed by atoms with Crippen LogP contribution in [0.3, 0.4) is 0 Å². The van der Waals surface area contributed by atoms with E-state index >= 15 is 0 Å². The van der Waals surface area contributed by atoms with Crippen LogP contribution >= 0.6 is 11.6 Å². The van der Waals surface area contributed by atoms with Crippen molar-refractivity contribution >= 4 is 23.5 Å². The largest absolute Gasteiger partial charge is 0.461 e. The molecule has 1 atom stereocenters. The minimum absolute atomic E-state index is 0.0307. The number of carbonyl (C=O) groups is 2. The summed E-state index contributed by atoms with van der Waals surface area (Å²) in [4.78, 5) is 30.1. The van der Waals surface area contributed by atoms with Gasteiger partial charge >= 0.3 is 5.97 Å². The lowest BCUT2D eigenvalue weighted by Gasteiger charge is -2.46. The molecule has 1 amide bonds. The lowest BCUT2D eigenvalue weighted by molar-refractivity contribution is -0.154. The Kier molecular flexibility index (Phi) is 5.17. The molecule has 28 heavy (non-hydrogen) atoms.